The van der Waals surface area contributed by atoms with Gasteiger partial charge in [-0.2, -0.15) is 0 Å². The Morgan fingerprint density at radius 2 is 1.81 bits per heavy atom. The van der Waals surface area contributed by atoms with Crippen LogP contribution in [0.15, 0.2) is 59.8 Å². The number of amides is 1. The van der Waals surface area contributed by atoms with Crippen LogP contribution in [0.4, 0.5) is 0 Å². The highest BCUT2D eigenvalue weighted by Gasteiger charge is 2.29. The van der Waals surface area contributed by atoms with Crippen LogP contribution in [0, 0.1) is 19.8 Å². The molecule has 0 bridgehead atoms. The second-order valence-corrected chi connectivity index (χ2v) is 10.6. The van der Waals surface area contributed by atoms with E-state index < -0.39 is 18.1 Å². The summed E-state index contributed by atoms with van der Waals surface area (Å²) in [4.78, 5) is 42.7. The van der Waals surface area contributed by atoms with Crippen molar-refractivity contribution < 1.29 is 14.7 Å². The molecule has 2 aromatic heterocycles. The molecule has 0 saturated heterocycles. The third-order valence-electron chi connectivity index (χ3n) is 6.98. The molecule has 0 aliphatic heterocycles. The van der Waals surface area contributed by atoms with Gasteiger partial charge in [0.05, 0.1) is 12.5 Å². The van der Waals surface area contributed by atoms with E-state index >= 15 is 0 Å². The van der Waals surface area contributed by atoms with E-state index in [1.807, 2.05) is 58.0 Å². The summed E-state index contributed by atoms with van der Waals surface area (Å²) < 4.78 is 1.48. The predicted octanol–water partition coefficient (Wildman–Crippen LogP) is 5.32. The van der Waals surface area contributed by atoms with Gasteiger partial charge in [0.1, 0.15) is 6.04 Å². The Kier molecular flexibility index (Phi) is 7.91. The van der Waals surface area contributed by atoms with Crippen LogP contribution in [0.5, 0.6) is 0 Å². The Labute approximate surface area is 217 Å². The highest BCUT2D eigenvalue weighted by atomic mass is 16.4. The van der Waals surface area contributed by atoms with Crippen molar-refractivity contribution in [2.45, 2.75) is 71.4 Å². The number of nitrogens with zero attached hydrogens (tertiary/aromatic N) is 2. The number of rotatable bonds is 10. The van der Waals surface area contributed by atoms with Gasteiger partial charge in [-0.15, -0.1) is 0 Å². The number of carboxylic acids is 1. The van der Waals surface area contributed by atoms with Gasteiger partial charge in [0.15, 0.2) is 0 Å². The van der Waals surface area contributed by atoms with Crippen molar-refractivity contribution in [2.24, 2.45) is 5.92 Å². The van der Waals surface area contributed by atoms with E-state index in [1.165, 1.54) is 4.57 Å². The highest BCUT2D eigenvalue weighted by Crippen LogP contribution is 2.39. The molecule has 1 unspecified atom stereocenters. The Hall–Kier alpha value is -3.74. The summed E-state index contributed by atoms with van der Waals surface area (Å²) in [6.45, 7) is 8.04. The van der Waals surface area contributed by atoms with Crippen molar-refractivity contribution in [2.75, 3.05) is 0 Å². The molecule has 1 saturated carbocycles. The summed E-state index contributed by atoms with van der Waals surface area (Å²) >= 11 is 0. The quantitative estimate of drug-likeness (QED) is 0.391. The number of carbonyl (C=O) groups excluding carboxylic acids is 1. The summed E-state index contributed by atoms with van der Waals surface area (Å²) in [5, 5.41) is 12.6. The van der Waals surface area contributed by atoms with Crippen molar-refractivity contribution in [3.63, 3.8) is 0 Å². The lowest BCUT2D eigenvalue weighted by atomic mass is 9.94. The molecule has 2 heterocycles. The maximum atomic E-state index is 13.6. The Morgan fingerprint density at radius 1 is 1.11 bits per heavy atom. The normalized spacial score (nSPS) is 14.8. The standard InChI is InChI=1S/C30H35N3O4/c1-18(2)12-26(33-11-10-22(14-27(33)34)21-8-9-21)30(37)32-25(15-28(35)36)23-13-24(17-31-16-23)29-19(3)6-5-7-20(29)4/h5-7,10-11,13-14,16-18,21,25-26H,8-9,12,15H2,1-4H3,(H,32,37)(H,35,36)/t25-,26?/m1/s1. The molecular formula is C30H35N3O4. The molecule has 1 amide bonds. The van der Waals surface area contributed by atoms with Crippen LogP contribution in [0.3, 0.4) is 0 Å². The van der Waals surface area contributed by atoms with Gasteiger partial charge in [-0.25, -0.2) is 0 Å². The molecule has 7 nitrogen and oxygen atoms in total. The first-order chi connectivity index (χ1) is 17.6. The lowest BCUT2D eigenvalue weighted by molar-refractivity contribution is -0.138. The number of hydrogen-bond acceptors (Lipinski definition) is 4. The minimum absolute atomic E-state index is 0.151. The number of carboxylic acid groups (broad SMARTS) is 1. The first-order valence-corrected chi connectivity index (χ1v) is 12.9. The van der Waals surface area contributed by atoms with Gasteiger partial charge in [0, 0.05) is 30.2 Å². The zero-order valence-electron chi connectivity index (χ0n) is 21.9. The molecule has 2 atom stereocenters. The number of pyridine rings is 2. The molecule has 4 rings (SSSR count). The van der Waals surface area contributed by atoms with Crippen LogP contribution in [-0.4, -0.2) is 26.5 Å². The van der Waals surface area contributed by atoms with Crippen molar-refractivity contribution in [1.29, 1.82) is 0 Å². The lowest BCUT2D eigenvalue weighted by Crippen LogP contribution is -2.40. The number of nitrogens with one attached hydrogen (secondary N) is 1. The molecule has 37 heavy (non-hydrogen) atoms. The second kappa shape index (κ2) is 11.1. The van der Waals surface area contributed by atoms with Gasteiger partial charge in [-0.3, -0.25) is 19.4 Å². The van der Waals surface area contributed by atoms with Gasteiger partial charge in [-0.1, -0.05) is 32.0 Å². The van der Waals surface area contributed by atoms with Gasteiger partial charge in [0.2, 0.25) is 5.91 Å². The summed E-state index contributed by atoms with van der Waals surface area (Å²) in [7, 11) is 0. The highest BCUT2D eigenvalue weighted by molar-refractivity contribution is 5.82. The molecule has 2 N–H and O–H groups in total. The van der Waals surface area contributed by atoms with E-state index in [0.717, 1.165) is 40.7 Å². The molecule has 194 valence electrons. The molecule has 3 aromatic rings. The second-order valence-electron chi connectivity index (χ2n) is 10.6. The Morgan fingerprint density at radius 3 is 2.41 bits per heavy atom. The summed E-state index contributed by atoms with van der Waals surface area (Å²) in [5.41, 5.74) is 5.49. The van der Waals surface area contributed by atoms with E-state index in [2.05, 4.69) is 10.3 Å². The number of carbonyl (C=O) groups is 2. The summed E-state index contributed by atoms with van der Waals surface area (Å²) in [5.74, 6) is -0.818. The molecule has 1 fully saturated rings. The maximum Gasteiger partial charge on any atom is 0.305 e. The molecule has 7 heteroatoms. The summed E-state index contributed by atoms with van der Waals surface area (Å²) in [6.07, 6.45) is 7.39. The summed E-state index contributed by atoms with van der Waals surface area (Å²) in [6, 6.07) is 9.95. The first kappa shape index (κ1) is 26.3. The third kappa shape index (κ3) is 6.34. The van der Waals surface area contributed by atoms with Crippen LogP contribution < -0.4 is 10.9 Å². The van der Waals surface area contributed by atoms with Crippen LogP contribution in [0.2, 0.25) is 0 Å². The molecule has 0 radical (unpaired) electrons. The van der Waals surface area contributed by atoms with Crippen molar-refractivity contribution in [1.82, 2.24) is 14.9 Å². The average Bonchev–Trinajstić information content (AvgIpc) is 3.68. The van der Waals surface area contributed by atoms with E-state index in [0.29, 0.717) is 17.9 Å². The topological polar surface area (TPSA) is 101 Å². The molecule has 1 aliphatic carbocycles. The van der Waals surface area contributed by atoms with Crippen molar-refractivity contribution >= 4 is 11.9 Å². The van der Waals surface area contributed by atoms with E-state index in [1.54, 1.807) is 24.7 Å². The van der Waals surface area contributed by atoms with E-state index in [9.17, 15) is 19.5 Å². The number of benzene rings is 1. The minimum Gasteiger partial charge on any atom is -0.481 e. The fraction of sp³-hybridized carbons (Fsp3) is 0.400. The molecule has 1 aliphatic rings. The number of hydrogen-bond donors (Lipinski definition) is 2. The van der Waals surface area contributed by atoms with E-state index in [4.69, 9.17) is 0 Å². The number of aryl methyl sites for hydroxylation is 2. The third-order valence-corrected chi connectivity index (χ3v) is 6.98. The van der Waals surface area contributed by atoms with Crippen LogP contribution in [0.1, 0.15) is 79.8 Å². The smallest absolute Gasteiger partial charge is 0.305 e. The van der Waals surface area contributed by atoms with Crippen LogP contribution in [0.25, 0.3) is 11.1 Å². The zero-order valence-corrected chi connectivity index (χ0v) is 21.9. The first-order valence-electron chi connectivity index (χ1n) is 12.9. The number of aliphatic carboxylic acids is 1. The van der Waals surface area contributed by atoms with Gasteiger partial charge < -0.3 is 15.0 Å². The zero-order chi connectivity index (χ0) is 26.7. The predicted molar refractivity (Wildman–Crippen MR) is 143 cm³/mol. The average molecular weight is 502 g/mol. The van der Waals surface area contributed by atoms with Crippen molar-refractivity contribution in [3.05, 3.63) is 87.6 Å². The molecule has 1 aromatic carbocycles. The number of aromatic nitrogens is 2. The molecule has 0 spiro atoms. The monoisotopic (exact) mass is 501 g/mol. The van der Waals surface area contributed by atoms with Gasteiger partial charge in [-0.05, 0) is 84.9 Å². The Balaban J connectivity index is 1.65. The van der Waals surface area contributed by atoms with Crippen LogP contribution >= 0.6 is 0 Å². The SMILES string of the molecule is Cc1cccc(C)c1-c1cncc([C@@H](CC(=O)O)NC(=O)C(CC(C)C)n2ccc(C3CC3)cc2=O)c1. The minimum atomic E-state index is -1.03. The van der Waals surface area contributed by atoms with Gasteiger partial charge >= 0.3 is 5.97 Å². The van der Waals surface area contributed by atoms with Gasteiger partial charge in [0.25, 0.3) is 5.56 Å². The van der Waals surface area contributed by atoms with Crippen LogP contribution in [-0.2, 0) is 9.59 Å². The lowest BCUT2D eigenvalue weighted by Gasteiger charge is -2.25. The fourth-order valence-corrected chi connectivity index (χ4v) is 4.98. The maximum absolute atomic E-state index is 13.6. The molecular weight excluding hydrogens is 466 g/mol. The van der Waals surface area contributed by atoms with E-state index in [-0.39, 0.29) is 23.8 Å². The Bertz CT molecular complexity index is 1340. The fourth-order valence-electron chi connectivity index (χ4n) is 4.98. The largest absolute Gasteiger partial charge is 0.481 e. The van der Waals surface area contributed by atoms with Crippen molar-refractivity contribution in [3.8, 4) is 11.1 Å².